The van der Waals surface area contributed by atoms with Crippen molar-refractivity contribution in [3.8, 4) is 0 Å². The number of carbonyl (C=O) groups excluding carboxylic acids is 2. The topological polar surface area (TPSA) is 114 Å². The second kappa shape index (κ2) is 6.04. The highest BCUT2D eigenvalue weighted by atomic mass is 19.1. The van der Waals surface area contributed by atoms with E-state index >= 15 is 0 Å². The molecule has 2 N–H and O–H groups in total. The smallest absolute Gasteiger partial charge is 0.395 e. The number of nitrogens with one attached hydrogen (secondary N) is 2. The second-order valence-corrected chi connectivity index (χ2v) is 4.16. The lowest BCUT2D eigenvalue weighted by molar-refractivity contribution is -0.402. The molecule has 2 rings (SSSR count). The van der Waals surface area contributed by atoms with Crippen molar-refractivity contribution in [2.24, 2.45) is 0 Å². The number of hydrogen-bond acceptors (Lipinski definition) is 5. The van der Waals surface area contributed by atoms with Gasteiger partial charge in [0.05, 0.1) is 6.07 Å². The zero-order valence-corrected chi connectivity index (χ0v) is 11.3. The Labute approximate surface area is 123 Å². The van der Waals surface area contributed by atoms with Crippen LogP contribution in [0.25, 0.3) is 0 Å². The van der Waals surface area contributed by atoms with Crippen LogP contribution in [0.4, 0.5) is 16.0 Å². The molecule has 1 heterocycles. The van der Waals surface area contributed by atoms with Crippen LogP contribution in [0.15, 0.2) is 34.7 Å². The third-order valence-corrected chi connectivity index (χ3v) is 2.64. The van der Waals surface area contributed by atoms with E-state index in [0.717, 1.165) is 24.3 Å². The van der Waals surface area contributed by atoms with Crippen LogP contribution in [0, 0.1) is 15.9 Å². The summed E-state index contributed by atoms with van der Waals surface area (Å²) < 4.78 is 18.2. The first-order valence-electron chi connectivity index (χ1n) is 5.99. The molecule has 0 unspecified atom stereocenters. The third kappa shape index (κ3) is 3.26. The minimum atomic E-state index is -0.804. The van der Waals surface area contributed by atoms with Gasteiger partial charge in [-0.1, -0.05) is 0 Å². The first-order valence-corrected chi connectivity index (χ1v) is 5.99. The van der Waals surface area contributed by atoms with Crippen molar-refractivity contribution in [3.63, 3.8) is 0 Å². The summed E-state index contributed by atoms with van der Waals surface area (Å²) in [5.74, 6) is -2.94. The fourth-order valence-electron chi connectivity index (χ4n) is 1.68. The number of furan rings is 1. The molecule has 0 aliphatic heterocycles. The molecule has 2 aromatic rings. The Kier molecular flexibility index (Phi) is 4.16. The molecule has 0 radical (unpaired) electrons. The zero-order valence-electron chi connectivity index (χ0n) is 11.3. The van der Waals surface area contributed by atoms with Gasteiger partial charge in [0, 0.05) is 18.3 Å². The largest absolute Gasteiger partial charge is 0.433 e. The van der Waals surface area contributed by atoms with Crippen molar-refractivity contribution in [1.82, 2.24) is 5.32 Å². The van der Waals surface area contributed by atoms with Crippen molar-refractivity contribution < 1.29 is 23.3 Å². The number of benzene rings is 1. The molecule has 1 aromatic carbocycles. The summed E-state index contributed by atoms with van der Waals surface area (Å²) in [6.07, 6.45) is 0. The molecule has 114 valence electrons. The van der Waals surface area contributed by atoms with E-state index in [-0.39, 0.29) is 17.0 Å². The lowest BCUT2D eigenvalue weighted by atomic mass is 10.1. The summed E-state index contributed by atoms with van der Waals surface area (Å²) >= 11 is 0. The van der Waals surface area contributed by atoms with Gasteiger partial charge in [0.2, 0.25) is 0 Å². The Morgan fingerprint density at radius 3 is 2.55 bits per heavy atom. The van der Waals surface area contributed by atoms with Gasteiger partial charge in [0.1, 0.15) is 10.7 Å². The van der Waals surface area contributed by atoms with Gasteiger partial charge in [-0.25, -0.2) is 4.39 Å². The number of amides is 2. The van der Waals surface area contributed by atoms with Crippen LogP contribution >= 0.6 is 0 Å². The maximum Gasteiger partial charge on any atom is 0.433 e. The van der Waals surface area contributed by atoms with Gasteiger partial charge < -0.3 is 15.1 Å². The molecule has 0 aliphatic rings. The number of carbonyl (C=O) groups is 2. The molecule has 2 amide bonds. The second-order valence-electron chi connectivity index (χ2n) is 4.16. The van der Waals surface area contributed by atoms with Crippen LogP contribution in [0.2, 0.25) is 0 Å². The first-order chi connectivity index (χ1) is 10.4. The molecule has 9 heteroatoms. The lowest BCUT2D eigenvalue weighted by Crippen LogP contribution is -2.19. The molecule has 0 fully saturated rings. The molecule has 0 saturated carbocycles. The van der Waals surface area contributed by atoms with E-state index < -0.39 is 28.4 Å². The molecule has 0 spiro atoms. The van der Waals surface area contributed by atoms with Gasteiger partial charge >= 0.3 is 5.88 Å². The quantitative estimate of drug-likeness (QED) is 0.661. The molecule has 0 atom stereocenters. The Bertz CT molecular complexity index is 756. The SMILES string of the molecule is CNC(=O)c1cc(F)cc(NC(=O)c2ccc([N+](=O)[O-])o2)c1. The van der Waals surface area contributed by atoms with Crippen LogP contribution in [0.3, 0.4) is 0 Å². The Balaban J connectivity index is 2.22. The fourth-order valence-corrected chi connectivity index (χ4v) is 1.68. The average Bonchev–Trinajstić information content (AvgIpc) is 2.95. The maximum atomic E-state index is 13.4. The predicted molar refractivity (Wildman–Crippen MR) is 73.1 cm³/mol. The van der Waals surface area contributed by atoms with Crippen LogP contribution in [0.5, 0.6) is 0 Å². The summed E-state index contributed by atoms with van der Waals surface area (Å²) in [4.78, 5) is 33.0. The van der Waals surface area contributed by atoms with Crippen LogP contribution in [0.1, 0.15) is 20.9 Å². The van der Waals surface area contributed by atoms with E-state index in [0.29, 0.717) is 0 Å². The molecule has 0 bridgehead atoms. The van der Waals surface area contributed by atoms with Crippen molar-refractivity contribution in [3.05, 3.63) is 57.6 Å². The predicted octanol–water partition coefficient (Wildman–Crippen LogP) is 1.94. The van der Waals surface area contributed by atoms with Crippen molar-refractivity contribution >= 4 is 23.4 Å². The highest BCUT2D eigenvalue weighted by Crippen LogP contribution is 2.19. The summed E-state index contributed by atoms with van der Waals surface area (Å²) in [7, 11) is 1.38. The summed E-state index contributed by atoms with van der Waals surface area (Å²) in [5.41, 5.74) is 0.0332. The van der Waals surface area contributed by atoms with Crippen molar-refractivity contribution in [2.75, 3.05) is 12.4 Å². The third-order valence-electron chi connectivity index (χ3n) is 2.64. The van der Waals surface area contributed by atoms with Crippen molar-refractivity contribution in [2.45, 2.75) is 0 Å². The number of hydrogen-bond donors (Lipinski definition) is 2. The van der Waals surface area contributed by atoms with Gasteiger partial charge in [-0.2, -0.15) is 0 Å². The number of nitro groups is 1. The highest BCUT2D eigenvalue weighted by molar-refractivity contribution is 6.03. The minimum Gasteiger partial charge on any atom is -0.395 e. The minimum absolute atomic E-state index is 0.0163. The monoisotopic (exact) mass is 307 g/mol. The maximum absolute atomic E-state index is 13.4. The number of halogens is 1. The van der Waals surface area contributed by atoms with Gasteiger partial charge in [-0.3, -0.25) is 19.7 Å². The van der Waals surface area contributed by atoms with Crippen molar-refractivity contribution in [1.29, 1.82) is 0 Å². The Hall–Kier alpha value is -3.23. The standard InChI is InChI=1S/C13H10FN3O5/c1-15-12(18)7-4-8(14)6-9(5-7)16-13(19)10-2-3-11(22-10)17(20)21/h2-6H,1H3,(H,15,18)(H,16,19). The molecule has 0 aliphatic carbocycles. The average molecular weight is 307 g/mol. The molecule has 22 heavy (non-hydrogen) atoms. The van der Waals surface area contributed by atoms with Gasteiger partial charge in [0.25, 0.3) is 11.8 Å². The number of anilines is 1. The van der Waals surface area contributed by atoms with E-state index in [9.17, 15) is 24.1 Å². The first kappa shape index (κ1) is 15.2. The number of nitrogens with zero attached hydrogens (tertiary/aromatic N) is 1. The Morgan fingerprint density at radius 2 is 1.95 bits per heavy atom. The summed E-state index contributed by atoms with van der Waals surface area (Å²) in [5, 5.41) is 15.1. The lowest BCUT2D eigenvalue weighted by Gasteiger charge is -2.06. The van der Waals surface area contributed by atoms with E-state index in [4.69, 9.17) is 4.42 Å². The summed E-state index contributed by atoms with van der Waals surface area (Å²) in [6.45, 7) is 0. The zero-order chi connectivity index (χ0) is 16.3. The molecule has 1 aromatic heterocycles. The normalized spacial score (nSPS) is 10.1. The molecule has 8 nitrogen and oxygen atoms in total. The van der Waals surface area contributed by atoms with Crippen LogP contribution < -0.4 is 10.6 Å². The molecular formula is C13H10FN3O5. The number of rotatable bonds is 4. The van der Waals surface area contributed by atoms with Crippen LogP contribution in [-0.4, -0.2) is 23.8 Å². The molecule has 0 saturated heterocycles. The van der Waals surface area contributed by atoms with E-state index in [1.165, 1.54) is 13.1 Å². The van der Waals surface area contributed by atoms with Gasteiger partial charge in [-0.05, 0) is 24.3 Å². The highest BCUT2D eigenvalue weighted by Gasteiger charge is 2.18. The van der Waals surface area contributed by atoms with E-state index in [1.54, 1.807) is 0 Å². The van der Waals surface area contributed by atoms with Gasteiger partial charge in [0.15, 0.2) is 5.76 Å². The molecular weight excluding hydrogens is 297 g/mol. The van der Waals surface area contributed by atoms with Gasteiger partial charge in [-0.15, -0.1) is 0 Å². The Morgan fingerprint density at radius 1 is 1.23 bits per heavy atom. The van der Waals surface area contributed by atoms with E-state index in [1.807, 2.05) is 0 Å². The van der Waals surface area contributed by atoms with Crippen LogP contribution in [-0.2, 0) is 0 Å². The summed E-state index contributed by atoms with van der Waals surface area (Å²) in [6, 6.07) is 5.41. The van der Waals surface area contributed by atoms with E-state index in [2.05, 4.69) is 10.6 Å². The fraction of sp³-hybridized carbons (Fsp3) is 0.0769.